The van der Waals surface area contributed by atoms with Crippen molar-refractivity contribution in [3.05, 3.63) is 83.0 Å². The summed E-state index contributed by atoms with van der Waals surface area (Å²) in [4.78, 5) is 34.0. The molecule has 0 spiro atoms. The maximum Gasteiger partial charge on any atom is 0.338 e. The number of rotatable bonds is 5. The molecule has 0 bridgehead atoms. The van der Waals surface area contributed by atoms with Gasteiger partial charge in [0, 0.05) is 24.3 Å². The molecule has 0 amide bonds. The fraction of sp³-hybridized carbons (Fsp3) is 0.269. The molecule has 10 heteroatoms. The van der Waals surface area contributed by atoms with Crippen LogP contribution in [0.2, 0.25) is 0 Å². The second-order valence-electron chi connectivity index (χ2n) is 8.52. The summed E-state index contributed by atoms with van der Waals surface area (Å²) in [6.45, 7) is 3.92. The highest BCUT2D eigenvalue weighted by molar-refractivity contribution is 9.10. The van der Waals surface area contributed by atoms with Gasteiger partial charge in [-0.05, 0) is 55.3 Å². The topological polar surface area (TPSA) is 82.4 Å². The molecule has 0 radical (unpaired) electrons. The number of anilines is 1. The van der Waals surface area contributed by atoms with Crippen molar-refractivity contribution in [2.45, 2.75) is 19.9 Å². The summed E-state index contributed by atoms with van der Waals surface area (Å²) in [6.07, 6.45) is 1.80. The molecular formula is C26H24BrN3O5S. The van der Waals surface area contributed by atoms with Crippen molar-refractivity contribution in [2.75, 3.05) is 32.4 Å². The van der Waals surface area contributed by atoms with Crippen LogP contribution in [0.1, 0.15) is 31.0 Å². The molecule has 1 aromatic heterocycles. The Balaban J connectivity index is 1.69. The van der Waals surface area contributed by atoms with Gasteiger partial charge in [-0.25, -0.2) is 9.79 Å². The van der Waals surface area contributed by atoms with E-state index in [1.165, 1.54) is 11.3 Å². The SMILES string of the molecule is CCOC(=O)C1=C(C)N=c2s/c(=C\c3cc4c(cc3Br)OCO4)c(=O)n2C1c1ccc(N(C)C)cc1. The van der Waals surface area contributed by atoms with Gasteiger partial charge in [0.2, 0.25) is 6.79 Å². The number of benzene rings is 2. The minimum atomic E-state index is -0.654. The normalized spacial score (nSPS) is 16.6. The Kier molecular flexibility index (Phi) is 6.48. The molecule has 36 heavy (non-hydrogen) atoms. The van der Waals surface area contributed by atoms with Gasteiger partial charge in [0.25, 0.3) is 5.56 Å². The standard InChI is InChI=1S/C26H24BrN3O5S/c1-5-33-25(32)22-14(2)28-26-30(23(22)15-6-8-17(9-7-15)29(3)4)24(31)21(36-26)11-16-10-19-20(12-18(16)27)35-13-34-19/h6-12,23H,5,13H2,1-4H3/b21-11-. The lowest BCUT2D eigenvalue weighted by molar-refractivity contribution is -0.139. The van der Waals surface area contributed by atoms with Crippen LogP contribution in [-0.4, -0.2) is 38.0 Å². The third-order valence-electron chi connectivity index (χ3n) is 6.02. The number of hydrogen-bond acceptors (Lipinski definition) is 8. The van der Waals surface area contributed by atoms with Crippen LogP contribution in [0.15, 0.2) is 61.9 Å². The van der Waals surface area contributed by atoms with Crippen LogP contribution in [0.25, 0.3) is 6.08 Å². The number of aromatic nitrogens is 1. The van der Waals surface area contributed by atoms with E-state index in [2.05, 4.69) is 20.9 Å². The Bertz CT molecular complexity index is 1570. The van der Waals surface area contributed by atoms with E-state index < -0.39 is 12.0 Å². The Labute approximate surface area is 219 Å². The Morgan fingerprint density at radius 2 is 1.94 bits per heavy atom. The molecule has 3 aromatic rings. The number of carbonyl (C=O) groups excluding carboxylic acids is 1. The average Bonchev–Trinajstić information content (AvgIpc) is 3.42. The summed E-state index contributed by atoms with van der Waals surface area (Å²) < 4.78 is 19.1. The predicted molar refractivity (Wildman–Crippen MR) is 141 cm³/mol. The van der Waals surface area contributed by atoms with Crippen molar-refractivity contribution in [1.29, 1.82) is 0 Å². The van der Waals surface area contributed by atoms with E-state index in [1.54, 1.807) is 24.5 Å². The smallest absolute Gasteiger partial charge is 0.338 e. The molecular weight excluding hydrogens is 546 g/mol. The largest absolute Gasteiger partial charge is 0.463 e. The van der Waals surface area contributed by atoms with Crippen LogP contribution in [0.5, 0.6) is 11.5 Å². The zero-order valence-electron chi connectivity index (χ0n) is 20.2. The Morgan fingerprint density at radius 1 is 1.25 bits per heavy atom. The van der Waals surface area contributed by atoms with E-state index >= 15 is 0 Å². The molecule has 0 N–H and O–H groups in total. The lowest BCUT2D eigenvalue weighted by Gasteiger charge is -2.25. The molecule has 2 aliphatic rings. The van der Waals surface area contributed by atoms with E-state index in [-0.39, 0.29) is 19.0 Å². The number of nitrogens with zero attached hydrogens (tertiary/aromatic N) is 3. The summed E-state index contributed by atoms with van der Waals surface area (Å²) in [5.74, 6) is 0.793. The Hall–Kier alpha value is -3.37. The van der Waals surface area contributed by atoms with Gasteiger partial charge in [0.05, 0.1) is 28.5 Å². The lowest BCUT2D eigenvalue weighted by Crippen LogP contribution is -2.40. The molecule has 2 aliphatic heterocycles. The third kappa shape index (κ3) is 4.24. The van der Waals surface area contributed by atoms with Gasteiger partial charge in [-0.1, -0.05) is 39.4 Å². The van der Waals surface area contributed by atoms with Crippen LogP contribution >= 0.6 is 27.3 Å². The fourth-order valence-corrected chi connectivity index (χ4v) is 5.72. The number of allylic oxidation sites excluding steroid dienone is 1. The molecule has 186 valence electrons. The minimum Gasteiger partial charge on any atom is -0.463 e. The van der Waals surface area contributed by atoms with Gasteiger partial charge in [0.1, 0.15) is 0 Å². The second kappa shape index (κ2) is 9.59. The van der Waals surface area contributed by atoms with Crippen molar-refractivity contribution in [1.82, 2.24) is 4.57 Å². The van der Waals surface area contributed by atoms with Gasteiger partial charge in [-0.3, -0.25) is 9.36 Å². The van der Waals surface area contributed by atoms with E-state index in [1.807, 2.05) is 55.4 Å². The van der Waals surface area contributed by atoms with Crippen molar-refractivity contribution in [3.63, 3.8) is 0 Å². The molecule has 1 atom stereocenters. The van der Waals surface area contributed by atoms with Gasteiger partial charge in [-0.2, -0.15) is 0 Å². The molecule has 0 fully saturated rings. The minimum absolute atomic E-state index is 0.163. The first-order valence-corrected chi connectivity index (χ1v) is 13.0. The zero-order valence-corrected chi connectivity index (χ0v) is 22.6. The number of fused-ring (bicyclic) bond motifs is 2. The summed E-state index contributed by atoms with van der Waals surface area (Å²) >= 11 is 4.84. The van der Waals surface area contributed by atoms with Crippen LogP contribution in [-0.2, 0) is 9.53 Å². The molecule has 0 saturated carbocycles. The van der Waals surface area contributed by atoms with Crippen LogP contribution in [0.3, 0.4) is 0 Å². The van der Waals surface area contributed by atoms with Crippen LogP contribution in [0.4, 0.5) is 5.69 Å². The maximum atomic E-state index is 13.8. The highest BCUT2D eigenvalue weighted by atomic mass is 79.9. The third-order valence-corrected chi connectivity index (χ3v) is 7.69. The number of hydrogen-bond donors (Lipinski definition) is 0. The van der Waals surface area contributed by atoms with Crippen molar-refractivity contribution in [3.8, 4) is 11.5 Å². The molecule has 1 unspecified atom stereocenters. The predicted octanol–water partition coefficient (Wildman–Crippen LogP) is 3.36. The maximum absolute atomic E-state index is 13.8. The highest BCUT2D eigenvalue weighted by Gasteiger charge is 2.33. The van der Waals surface area contributed by atoms with E-state index in [9.17, 15) is 9.59 Å². The summed E-state index contributed by atoms with van der Waals surface area (Å²) in [5, 5.41) is 0. The van der Waals surface area contributed by atoms with Gasteiger partial charge < -0.3 is 19.1 Å². The summed E-state index contributed by atoms with van der Waals surface area (Å²) in [7, 11) is 3.92. The van der Waals surface area contributed by atoms with E-state index in [0.29, 0.717) is 32.1 Å². The first-order chi connectivity index (χ1) is 17.3. The van der Waals surface area contributed by atoms with E-state index in [4.69, 9.17) is 14.2 Å². The number of esters is 1. The molecule has 8 nitrogen and oxygen atoms in total. The van der Waals surface area contributed by atoms with Crippen molar-refractivity contribution in [2.24, 2.45) is 4.99 Å². The van der Waals surface area contributed by atoms with Crippen molar-refractivity contribution >= 4 is 45.0 Å². The monoisotopic (exact) mass is 569 g/mol. The zero-order chi connectivity index (χ0) is 25.6. The van der Waals surface area contributed by atoms with Gasteiger partial charge in [-0.15, -0.1) is 0 Å². The van der Waals surface area contributed by atoms with E-state index in [0.717, 1.165) is 21.3 Å². The summed E-state index contributed by atoms with van der Waals surface area (Å²) in [6, 6.07) is 10.8. The molecule has 2 aromatic carbocycles. The number of halogens is 1. The van der Waals surface area contributed by atoms with Gasteiger partial charge >= 0.3 is 5.97 Å². The molecule has 0 aliphatic carbocycles. The molecule has 3 heterocycles. The van der Waals surface area contributed by atoms with Gasteiger partial charge in [0.15, 0.2) is 16.3 Å². The fourth-order valence-electron chi connectivity index (χ4n) is 4.25. The van der Waals surface area contributed by atoms with Crippen LogP contribution < -0.4 is 29.3 Å². The average molecular weight is 570 g/mol. The lowest BCUT2D eigenvalue weighted by atomic mass is 9.95. The quantitative estimate of drug-likeness (QED) is 0.438. The molecule has 0 saturated heterocycles. The van der Waals surface area contributed by atoms with Crippen LogP contribution in [0, 0.1) is 0 Å². The number of thiazole rings is 1. The highest BCUT2D eigenvalue weighted by Crippen LogP contribution is 2.37. The Morgan fingerprint density at radius 3 is 2.61 bits per heavy atom. The number of carbonyl (C=O) groups is 1. The van der Waals surface area contributed by atoms with Crippen molar-refractivity contribution < 1.29 is 19.0 Å². The first-order valence-electron chi connectivity index (χ1n) is 11.3. The first kappa shape index (κ1) is 24.3. The second-order valence-corrected chi connectivity index (χ2v) is 10.4. The summed E-state index contributed by atoms with van der Waals surface area (Å²) in [5.41, 5.74) is 3.24. The molecule has 5 rings (SSSR count). The number of ether oxygens (including phenoxy) is 3.